The van der Waals surface area contributed by atoms with Crippen LogP contribution in [-0.4, -0.2) is 36.5 Å². The highest BCUT2D eigenvalue weighted by molar-refractivity contribution is 9.09. The van der Waals surface area contributed by atoms with Gasteiger partial charge in [0.1, 0.15) is 0 Å². The van der Waals surface area contributed by atoms with Crippen LogP contribution in [-0.2, 0) is 14.3 Å². The van der Waals surface area contributed by atoms with Crippen molar-refractivity contribution in [1.29, 1.82) is 0 Å². The standard InChI is InChI=1S/C13H24Br2O3/c14-8-2-5-11-17-10-4-1-7-13(16)18-12-6-3-9-15/h1-12H2. The van der Waals surface area contributed by atoms with Gasteiger partial charge in [0.15, 0.2) is 0 Å². The average Bonchev–Trinajstić information content (AvgIpc) is 2.38. The van der Waals surface area contributed by atoms with Crippen LogP contribution in [0, 0.1) is 0 Å². The lowest BCUT2D eigenvalue weighted by Crippen LogP contribution is -2.06. The van der Waals surface area contributed by atoms with Gasteiger partial charge in [0.2, 0.25) is 0 Å². The highest BCUT2D eigenvalue weighted by Crippen LogP contribution is 2.01. The summed E-state index contributed by atoms with van der Waals surface area (Å²) in [5.74, 6) is -0.0798. The summed E-state index contributed by atoms with van der Waals surface area (Å²) in [6.07, 6.45) is 6.55. The minimum absolute atomic E-state index is 0.0798. The molecular formula is C13H24Br2O3. The Balaban J connectivity index is 3.10. The van der Waals surface area contributed by atoms with Crippen LogP contribution in [0.1, 0.15) is 44.9 Å². The molecule has 0 heterocycles. The SMILES string of the molecule is O=C(CCCCOCCCCBr)OCCCCBr. The van der Waals surface area contributed by atoms with Gasteiger partial charge in [-0.1, -0.05) is 31.9 Å². The molecule has 108 valence electrons. The van der Waals surface area contributed by atoms with E-state index in [9.17, 15) is 4.79 Å². The lowest BCUT2D eigenvalue weighted by Gasteiger charge is -2.05. The van der Waals surface area contributed by atoms with Gasteiger partial charge in [-0.15, -0.1) is 0 Å². The number of halogens is 2. The van der Waals surface area contributed by atoms with Crippen LogP contribution in [0.15, 0.2) is 0 Å². The first-order valence-electron chi connectivity index (χ1n) is 6.66. The number of hydrogen-bond acceptors (Lipinski definition) is 3. The predicted octanol–water partition coefficient (Wildman–Crippen LogP) is 4.07. The molecule has 0 rings (SSSR count). The van der Waals surface area contributed by atoms with Gasteiger partial charge in [-0.2, -0.15) is 0 Å². The van der Waals surface area contributed by atoms with E-state index in [1.807, 2.05) is 0 Å². The lowest BCUT2D eigenvalue weighted by atomic mass is 10.2. The Morgan fingerprint density at radius 1 is 0.778 bits per heavy atom. The number of carbonyl (C=O) groups excluding carboxylic acids is 1. The molecule has 0 aromatic heterocycles. The third-order valence-corrected chi connectivity index (χ3v) is 3.50. The van der Waals surface area contributed by atoms with Crippen molar-refractivity contribution >= 4 is 37.8 Å². The van der Waals surface area contributed by atoms with E-state index in [2.05, 4.69) is 31.9 Å². The van der Waals surface area contributed by atoms with Crippen molar-refractivity contribution in [1.82, 2.24) is 0 Å². The van der Waals surface area contributed by atoms with Crippen LogP contribution in [0.25, 0.3) is 0 Å². The largest absolute Gasteiger partial charge is 0.466 e. The van der Waals surface area contributed by atoms with Crippen LogP contribution in [0.3, 0.4) is 0 Å². The third kappa shape index (κ3) is 14.5. The fourth-order valence-electron chi connectivity index (χ4n) is 1.33. The Morgan fingerprint density at radius 2 is 1.33 bits per heavy atom. The van der Waals surface area contributed by atoms with Gasteiger partial charge < -0.3 is 9.47 Å². The monoisotopic (exact) mass is 386 g/mol. The molecule has 0 fully saturated rings. The third-order valence-electron chi connectivity index (χ3n) is 2.38. The molecule has 0 unspecified atom stereocenters. The summed E-state index contributed by atoms with van der Waals surface area (Å²) >= 11 is 6.72. The number of esters is 1. The van der Waals surface area contributed by atoms with E-state index < -0.39 is 0 Å². The summed E-state index contributed by atoms with van der Waals surface area (Å²) in [5, 5.41) is 2.01. The molecule has 18 heavy (non-hydrogen) atoms. The minimum atomic E-state index is -0.0798. The lowest BCUT2D eigenvalue weighted by molar-refractivity contribution is -0.143. The fourth-order valence-corrected chi connectivity index (χ4v) is 2.12. The van der Waals surface area contributed by atoms with Crippen molar-refractivity contribution in [2.24, 2.45) is 0 Å². The average molecular weight is 388 g/mol. The summed E-state index contributed by atoms with van der Waals surface area (Å²) in [6.45, 7) is 2.12. The molecule has 0 atom stereocenters. The van der Waals surface area contributed by atoms with E-state index >= 15 is 0 Å². The normalized spacial score (nSPS) is 10.6. The molecular weight excluding hydrogens is 364 g/mol. The van der Waals surface area contributed by atoms with Crippen LogP contribution in [0.5, 0.6) is 0 Å². The summed E-state index contributed by atoms with van der Waals surface area (Å²) in [6, 6.07) is 0. The Kier molecular flexibility index (Phi) is 15.8. The van der Waals surface area contributed by atoms with Gasteiger partial charge in [0.05, 0.1) is 6.61 Å². The van der Waals surface area contributed by atoms with Crippen molar-refractivity contribution in [2.45, 2.75) is 44.9 Å². The maximum absolute atomic E-state index is 11.3. The van der Waals surface area contributed by atoms with Crippen molar-refractivity contribution in [3.05, 3.63) is 0 Å². The van der Waals surface area contributed by atoms with E-state index in [-0.39, 0.29) is 5.97 Å². The minimum Gasteiger partial charge on any atom is -0.466 e. The van der Waals surface area contributed by atoms with Crippen molar-refractivity contribution in [3.63, 3.8) is 0 Å². The van der Waals surface area contributed by atoms with E-state index in [0.717, 1.165) is 62.4 Å². The van der Waals surface area contributed by atoms with Gasteiger partial charge in [-0.05, 0) is 38.5 Å². The van der Waals surface area contributed by atoms with Crippen LogP contribution < -0.4 is 0 Å². The number of alkyl halides is 2. The first kappa shape index (κ1) is 18.4. The Morgan fingerprint density at radius 3 is 1.94 bits per heavy atom. The predicted molar refractivity (Wildman–Crippen MR) is 81.7 cm³/mol. The van der Waals surface area contributed by atoms with Crippen molar-refractivity contribution in [3.8, 4) is 0 Å². The molecule has 0 saturated heterocycles. The molecule has 5 heteroatoms. The zero-order chi connectivity index (χ0) is 13.5. The maximum atomic E-state index is 11.3. The zero-order valence-electron chi connectivity index (χ0n) is 11.0. The zero-order valence-corrected chi connectivity index (χ0v) is 14.1. The van der Waals surface area contributed by atoms with E-state index in [4.69, 9.17) is 9.47 Å². The summed E-state index contributed by atoms with van der Waals surface area (Å²) in [5.41, 5.74) is 0. The summed E-state index contributed by atoms with van der Waals surface area (Å²) in [7, 11) is 0. The van der Waals surface area contributed by atoms with Crippen molar-refractivity contribution in [2.75, 3.05) is 30.5 Å². The number of unbranched alkanes of at least 4 members (excludes halogenated alkanes) is 3. The van der Waals surface area contributed by atoms with Gasteiger partial charge in [-0.3, -0.25) is 4.79 Å². The number of hydrogen-bond donors (Lipinski definition) is 0. The second-order valence-corrected chi connectivity index (χ2v) is 5.67. The molecule has 0 saturated carbocycles. The van der Waals surface area contributed by atoms with Crippen LogP contribution in [0.2, 0.25) is 0 Å². The molecule has 0 aliphatic rings. The fraction of sp³-hybridized carbons (Fsp3) is 0.923. The Bertz CT molecular complexity index is 189. The Labute approximate surface area is 127 Å². The number of rotatable bonds is 13. The van der Waals surface area contributed by atoms with Crippen LogP contribution >= 0.6 is 31.9 Å². The van der Waals surface area contributed by atoms with E-state index in [1.54, 1.807) is 0 Å². The Hall–Kier alpha value is 0.390. The van der Waals surface area contributed by atoms with Crippen LogP contribution in [0.4, 0.5) is 0 Å². The van der Waals surface area contributed by atoms with E-state index in [0.29, 0.717) is 13.0 Å². The summed E-state index contributed by atoms with van der Waals surface area (Å²) in [4.78, 5) is 11.3. The van der Waals surface area contributed by atoms with Gasteiger partial charge in [0, 0.05) is 30.3 Å². The molecule has 0 aliphatic heterocycles. The molecule has 0 bridgehead atoms. The second kappa shape index (κ2) is 15.4. The van der Waals surface area contributed by atoms with Gasteiger partial charge in [0.25, 0.3) is 0 Å². The second-order valence-electron chi connectivity index (χ2n) is 4.08. The highest BCUT2D eigenvalue weighted by atomic mass is 79.9. The smallest absolute Gasteiger partial charge is 0.305 e. The molecule has 0 aliphatic carbocycles. The first-order chi connectivity index (χ1) is 8.81. The first-order valence-corrected chi connectivity index (χ1v) is 8.91. The topological polar surface area (TPSA) is 35.5 Å². The molecule has 0 aromatic carbocycles. The molecule has 0 N–H and O–H groups in total. The molecule has 0 spiro atoms. The summed E-state index contributed by atoms with van der Waals surface area (Å²) < 4.78 is 10.6. The van der Waals surface area contributed by atoms with Gasteiger partial charge >= 0.3 is 5.97 Å². The van der Waals surface area contributed by atoms with Crippen molar-refractivity contribution < 1.29 is 14.3 Å². The molecule has 0 aromatic rings. The van der Waals surface area contributed by atoms with E-state index in [1.165, 1.54) is 0 Å². The number of ether oxygens (including phenoxy) is 2. The quantitative estimate of drug-likeness (QED) is 0.271. The molecule has 0 amide bonds. The maximum Gasteiger partial charge on any atom is 0.305 e. The van der Waals surface area contributed by atoms with Gasteiger partial charge in [-0.25, -0.2) is 0 Å². The molecule has 0 radical (unpaired) electrons. The highest BCUT2D eigenvalue weighted by Gasteiger charge is 2.02. The molecule has 3 nitrogen and oxygen atoms in total. The number of carbonyl (C=O) groups is 1.